The van der Waals surface area contributed by atoms with Gasteiger partial charge in [-0.15, -0.1) is 0 Å². The Morgan fingerprint density at radius 1 is 1.13 bits per heavy atom. The quantitative estimate of drug-likeness (QED) is 0.305. The van der Waals surface area contributed by atoms with Crippen molar-refractivity contribution in [2.45, 2.75) is 69.5 Å². The zero-order valence-corrected chi connectivity index (χ0v) is 25.2. The van der Waals surface area contributed by atoms with Crippen LogP contribution in [0.1, 0.15) is 44.8 Å². The molecule has 0 spiro atoms. The molecule has 1 aliphatic heterocycles. The van der Waals surface area contributed by atoms with E-state index in [1.165, 1.54) is 31.0 Å². The minimum absolute atomic E-state index is 0.0166. The second kappa shape index (κ2) is 12.0. The maximum atomic E-state index is 13.7. The second-order valence-electron chi connectivity index (χ2n) is 10.8. The summed E-state index contributed by atoms with van der Waals surface area (Å²) < 4.78 is 43.9. The molecule has 2 N–H and O–H groups in total. The van der Waals surface area contributed by atoms with Crippen molar-refractivity contribution in [2.24, 2.45) is 0 Å². The van der Waals surface area contributed by atoms with Crippen molar-refractivity contribution in [3.63, 3.8) is 0 Å². The van der Waals surface area contributed by atoms with E-state index in [9.17, 15) is 14.2 Å². The lowest BCUT2D eigenvalue weighted by molar-refractivity contribution is -0.0268. The summed E-state index contributed by atoms with van der Waals surface area (Å²) in [5.74, 6) is -0.182. The fraction of sp³-hybridized carbons (Fsp3) is 0.600. The summed E-state index contributed by atoms with van der Waals surface area (Å²) in [5, 5.41) is 3.42. The van der Waals surface area contributed by atoms with Gasteiger partial charge in [-0.25, -0.2) is 4.79 Å². The summed E-state index contributed by atoms with van der Waals surface area (Å²) >= 11 is 0. The molecular formula is C25H40N3O8PSi. The summed E-state index contributed by atoms with van der Waals surface area (Å²) in [4.78, 5) is 26.4. The third-order valence-corrected chi connectivity index (χ3v) is 14.0. The summed E-state index contributed by atoms with van der Waals surface area (Å²) in [5.41, 5.74) is -0.387. The van der Waals surface area contributed by atoms with Gasteiger partial charge >= 0.3 is 13.3 Å². The van der Waals surface area contributed by atoms with Gasteiger partial charge in [-0.1, -0.05) is 32.9 Å². The molecule has 1 unspecified atom stereocenters. The Morgan fingerprint density at radius 3 is 2.29 bits per heavy atom. The van der Waals surface area contributed by atoms with Crippen LogP contribution in [-0.2, 0) is 22.8 Å². The standard InChI is InChI=1S/C25H40N3O8PSi/c1-25(2,3)38(7,8)35-16-20-19(15-22(36-20)28-14-13-21(29)27-24(28)30)26-23(37(31,33-5)34-6)17-9-11-18(32-4)12-10-17/h9-14,19-20,22-23,26H,15-16H2,1-8H3,(H,27,29,30)/t19-,20+,22+,23?/m0/s1. The number of benzene rings is 1. The van der Waals surface area contributed by atoms with E-state index < -0.39 is 51.3 Å². The maximum absolute atomic E-state index is 13.7. The number of aromatic amines is 1. The molecule has 11 nitrogen and oxygen atoms in total. The number of nitrogens with zero attached hydrogens (tertiary/aromatic N) is 1. The van der Waals surface area contributed by atoms with E-state index in [1.54, 1.807) is 31.4 Å². The molecule has 13 heteroatoms. The molecule has 3 rings (SSSR count). The lowest BCUT2D eigenvalue weighted by atomic mass is 10.1. The number of ether oxygens (including phenoxy) is 2. The molecular weight excluding hydrogens is 529 g/mol. The molecule has 0 saturated carbocycles. The van der Waals surface area contributed by atoms with Gasteiger partial charge in [0.1, 0.15) is 17.8 Å². The van der Waals surface area contributed by atoms with Crippen molar-refractivity contribution in [3.05, 3.63) is 62.9 Å². The Morgan fingerprint density at radius 2 is 1.76 bits per heavy atom. The Kier molecular flexibility index (Phi) is 9.62. The highest BCUT2D eigenvalue weighted by Crippen LogP contribution is 2.59. The molecule has 0 bridgehead atoms. The van der Waals surface area contributed by atoms with Crippen LogP contribution < -0.4 is 21.3 Å². The fourth-order valence-electron chi connectivity index (χ4n) is 4.04. The van der Waals surface area contributed by atoms with Crippen LogP contribution in [0, 0.1) is 0 Å². The van der Waals surface area contributed by atoms with E-state index in [2.05, 4.69) is 44.2 Å². The third kappa shape index (κ3) is 6.74. The van der Waals surface area contributed by atoms with Gasteiger partial charge in [-0.3, -0.25) is 24.2 Å². The van der Waals surface area contributed by atoms with Gasteiger partial charge in [-0.05, 0) is 35.8 Å². The maximum Gasteiger partial charge on any atom is 0.351 e. The molecule has 1 aromatic carbocycles. The first-order valence-corrected chi connectivity index (χ1v) is 17.0. The predicted octanol–water partition coefficient (Wildman–Crippen LogP) is 4.00. The Bertz CT molecular complexity index is 1230. The molecule has 0 aliphatic carbocycles. The van der Waals surface area contributed by atoms with Crippen LogP contribution in [0.25, 0.3) is 0 Å². The molecule has 38 heavy (non-hydrogen) atoms. The minimum Gasteiger partial charge on any atom is -0.497 e. The molecule has 1 aromatic heterocycles. The van der Waals surface area contributed by atoms with E-state index >= 15 is 0 Å². The zero-order chi connectivity index (χ0) is 28.3. The molecule has 212 valence electrons. The van der Waals surface area contributed by atoms with Crippen molar-refractivity contribution in [1.82, 2.24) is 14.9 Å². The SMILES string of the molecule is COc1ccc(C(N[C@H]2C[C@H](n3ccc(=O)[nH]c3=O)O[C@@H]2CO[Si](C)(C)C(C)(C)C)P(=O)(OC)OC)cc1. The van der Waals surface area contributed by atoms with E-state index in [0.29, 0.717) is 17.7 Å². The highest BCUT2D eigenvalue weighted by atomic mass is 31.2. The first kappa shape index (κ1) is 30.5. The van der Waals surface area contributed by atoms with Gasteiger partial charge in [0, 0.05) is 38.9 Å². The van der Waals surface area contributed by atoms with Crippen LogP contribution in [0.4, 0.5) is 0 Å². The van der Waals surface area contributed by atoms with Gasteiger partial charge in [0.15, 0.2) is 8.32 Å². The fourth-order valence-corrected chi connectivity index (χ4v) is 6.53. The molecule has 1 saturated heterocycles. The lowest BCUT2D eigenvalue weighted by Gasteiger charge is -2.37. The normalized spacial score (nSPS) is 21.4. The average molecular weight is 570 g/mol. The number of H-pyrrole nitrogens is 1. The number of aromatic nitrogens is 2. The van der Waals surface area contributed by atoms with Crippen LogP contribution >= 0.6 is 7.60 Å². The number of nitrogens with one attached hydrogen (secondary N) is 2. The van der Waals surface area contributed by atoms with Crippen molar-refractivity contribution < 1.29 is 27.5 Å². The summed E-state index contributed by atoms with van der Waals surface area (Å²) in [7, 11) is -1.53. The Hall–Kier alpha value is -2.05. The molecule has 0 amide bonds. The first-order chi connectivity index (χ1) is 17.7. The molecule has 0 radical (unpaired) electrons. The van der Waals surface area contributed by atoms with Crippen molar-refractivity contribution >= 4 is 15.9 Å². The van der Waals surface area contributed by atoms with E-state index in [1.807, 2.05) is 0 Å². The van der Waals surface area contributed by atoms with E-state index in [4.69, 9.17) is 22.9 Å². The Labute approximate surface area is 224 Å². The van der Waals surface area contributed by atoms with Gasteiger partial charge in [0.2, 0.25) is 0 Å². The lowest BCUT2D eigenvalue weighted by Crippen LogP contribution is -2.46. The number of rotatable bonds is 11. The number of hydrogen-bond donors (Lipinski definition) is 2. The van der Waals surface area contributed by atoms with Gasteiger partial charge in [-0.2, -0.15) is 0 Å². The van der Waals surface area contributed by atoms with Crippen LogP contribution in [0.5, 0.6) is 5.75 Å². The number of hydrogen-bond acceptors (Lipinski definition) is 9. The Balaban J connectivity index is 1.97. The first-order valence-electron chi connectivity index (χ1n) is 12.5. The van der Waals surface area contributed by atoms with Crippen LogP contribution in [0.3, 0.4) is 0 Å². The van der Waals surface area contributed by atoms with Crippen LogP contribution in [0.2, 0.25) is 18.1 Å². The van der Waals surface area contributed by atoms with Crippen LogP contribution in [-0.4, -0.2) is 58.0 Å². The van der Waals surface area contributed by atoms with Crippen molar-refractivity contribution in [1.29, 1.82) is 0 Å². The monoisotopic (exact) mass is 569 g/mol. The predicted molar refractivity (Wildman–Crippen MR) is 147 cm³/mol. The van der Waals surface area contributed by atoms with Gasteiger partial charge < -0.3 is 22.9 Å². The largest absolute Gasteiger partial charge is 0.497 e. The minimum atomic E-state index is -3.66. The molecule has 1 aliphatic rings. The van der Waals surface area contributed by atoms with Crippen molar-refractivity contribution in [3.8, 4) is 5.75 Å². The second-order valence-corrected chi connectivity index (χ2v) is 17.9. The van der Waals surface area contributed by atoms with E-state index in [-0.39, 0.29) is 11.6 Å². The topological polar surface area (TPSA) is 130 Å². The summed E-state index contributed by atoms with van der Waals surface area (Å²) in [6, 6.07) is 8.01. The van der Waals surface area contributed by atoms with Gasteiger partial charge in [0.25, 0.3) is 5.56 Å². The summed E-state index contributed by atoms with van der Waals surface area (Å²) in [6.07, 6.45) is 0.593. The third-order valence-electron chi connectivity index (χ3n) is 7.44. The van der Waals surface area contributed by atoms with E-state index in [0.717, 1.165) is 0 Å². The molecule has 2 heterocycles. The highest BCUT2D eigenvalue weighted by Gasteiger charge is 2.45. The number of methoxy groups -OCH3 is 1. The van der Waals surface area contributed by atoms with Crippen molar-refractivity contribution in [2.75, 3.05) is 27.9 Å². The van der Waals surface area contributed by atoms with Gasteiger partial charge in [0.05, 0.1) is 19.8 Å². The molecule has 4 atom stereocenters. The highest BCUT2D eigenvalue weighted by molar-refractivity contribution is 7.54. The molecule has 2 aromatic rings. The average Bonchev–Trinajstić information content (AvgIpc) is 3.27. The summed E-state index contributed by atoms with van der Waals surface area (Å²) in [6.45, 7) is 11.0. The smallest absolute Gasteiger partial charge is 0.351 e. The zero-order valence-electron chi connectivity index (χ0n) is 23.3. The van der Waals surface area contributed by atoms with Crippen LogP contribution in [0.15, 0.2) is 46.1 Å². The molecule has 1 fully saturated rings.